The van der Waals surface area contributed by atoms with Crippen molar-refractivity contribution in [1.82, 2.24) is 5.32 Å². The fourth-order valence-electron chi connectivity index (χ4n) is 9.94. The molecule has 14 nitrogen and oxygen atoms in total. The zero-order valence-corrected chi connectivity index (χ0v) is 38.7. The van der Waals surface area contributed by atoms with Gasteiger partial charge >= 0.3 is 17.9 Å². The van der Waals surface area contributed by atoms with E-state index in [1.807, 2.05) is 0 Å². The number of esters is 3. The van der Waals surface area contributed by atoms with E-state index in [4.69, 9.17) is 18.9 Å². The van der Waals surface area contributed by atoms with Crippen molar-refractivity contribution in [3.05, 3.63) is 119 Å². The third-order valence-corrected chi connectivity index (χ3v) is 13.2. The van der Waals surface area contributed by atoms with Crippen molar-refractivity contribution in [2.45, 2.75) is 101 Å². The second kappa shape index (κ2) is 17.2. The largest absolute Gasteiger partial charge is 0.456 e. The monoisotopic (exact) mass is 1040 g/mol. The van der Waals surface area contributed by atoms with Gasteiger partial charge in [0.25, 0.3) is 5.91 Å². The Hall–Kier alpha value is -3.81. The van der Waals surface area contributed by atoms with Crippen molar-refractivity contribution in [3.63, 3.8) is 0 Å². The molecule has 315 valence electrons. The quantitative estimate of drug-likeness (QED) is 0.119. The van der Waals surface area contributed by atoms with Gasteiger partial charge in [-0.25, -0.2) is 9.59 Å². The average molecular weight is 1040 g/mol. The molecule has 11 atom stereocenters. The molecule has 3 aromatic carbocycles. The topological polar surface area (TPSA) is 215 Å². The van der Waals surface area contributed by atoms with Gasteiger partial charge in [-0.1, -0.05) is 80.6 Å². The van der Waals surface area contributed by atoms with Crippen LogP contribution < -0.4 is 5.32 Å². The van der Waals surface area contributed by atoms with Gasteiger partial charge in [-0.3, -0.25) is 14.4 Å². The number of benzene rings is 3. The minimum atomic E-state index is -2.35. The van der Waals surface area contributed by atoms with E-state index in [1.165, 1.54) is 26.0 Å². The minimum absolute atomic E-state index is 0. The Morgan fingerprint density at radius 1 is 0.867 bits per heavy atom. The van der Waals surface area contributed by atoms with Gasteiger partial charge in [0.05, 0.1) is 35.6 Å². The number of amides is 1. The summed E-state index contributed by atoms with van der Waals surface area (Å²) in [6.45, 7) is 6.89. The van der Waals surface area contributed by atoms with Crippen LogP contribution in [0.3, 0.4) is 0 Å². The van der Waals surface area contributed by atoms with E-state index in [1.54, 1.807) is 92.7 Å². The Kier molecular flexibility index (Phi) is 13.1. The van der Waals surface area contributed by atoms with E-state index >= 15 is 0 Å². The fourth-order valence-corrected chi connectivity index (χ4v) is 9.94. The second-order valence-electron chi connectivity index (χ2n) is 16.8. The molecule has 3 unspecified atom stereocenters. The van der Waals surface area contributed by atoms with Crippen LogP contribution in [-0.4, -0.2) is 104 Å². The number of hydrogen-bond donors (Lipinski definition) is 5. The maximum Gasteiger partial charge on any atom is 0.338 e. The Balaban J connectivity index is 0.00000604. The van der Waals surface area contributed by atoms with E-state index < -0.39 is 107 Å². The van der Waals surface area contributed by atoms with Crippen LogP contribution in [0.25, 0.3) is 0 Å². The summed E-state index contributed by atoms with van der Waals surface area (Å²) in [4.78, 5) is 69.5. The van der Waals surface area contributed by atoms with Crippen LogP contribution >= 0.6 is 0 Å². The van der Waals surface area contributed by atoms with Gasteiger partial charge in [0.2, 0.25) is 0 Å². The smallest absolute Gasteiger partial charge is 0.338 e. The predicted molar refractivity (Wildman–Crippen MR) is 208 cm³/mol. The number of Topliss-reactive ketones (excluding diaryl/α,β-unsaturated/α-hetero) is 1. The number of hydrogen-bond acceptors (Lipinski definition) is 13. The number of carbonyl (C=O) groups excluding carboxylic acids is 5. The summed E-state index contributed by atoms with van der Waals surface area (Å²) in [6.07, 6.45) is -10.5. The van der Waals surface area contributed by atoms with E-state index in [2.05, 4.69) is 5.32 Å². The first-order chi connectivity index (χ1) is 27.9. The molecule has 5 N–H and O–H groups in total. The minimum Gasteiger partial charge on any atom is -0.456 e. The van der Waals surface area contributed by atoms with Crippen LogP contribution in [0.5, 0.6) is 0 Å². The molecule has 0 aromatic heterocycles. The average Bonchev–Trinajstić information content (AvgIpc) is 3.21. The van der Waals surface area contributed by atoms with Gasteiger partial charge < -0.3 is 44.7 Å². The number of fused-ring (bicyclic) bond motifs is 5. The molecule has 1 saturated heterocycles. The first-order valence-electron chi connectivity index (χ1n) is 19.6. The number of ether oxygens (including phenoxy) is 4. The van der Waals surface area contributed by atoms with Crippen molar-refractivity contribution in [3.8, 4) is 0 Å². The van der Waals surface area contributed by atoms with Crippen molar-refractivity contribution < 1.29 is 107 Å². The molecular formula is C45H49AcNO13. The Morgan fingerprint density at radius 2 is 1.43 bits per heavy atom. The summed E-state index contributed by atoms with van der Waals surface area (Å²) in [5, 5.41) is 51.9. The van der Waals surface area contributed by atoms with Crippen LogP contribution in [0, 0.1) is 60.8 Å². The van der Waals surface area contributed by atoms with Crippen molar-refractivity contribution >= 4 is 29.6 Å². The molecule has 60 heavy (non-hydrogen) atoms. The number of nitrogens with one attached hydrogen (secondary N) is 1. The summed E-state index contributed by atoms with van der Waals surface area (Å²) < 4.78 is 24.2. The maximum absolute atomic E-state index is 15.0. The van der Waals surface area contributed by atoms with Crippen molar-refractivity contribution in [2.75, 3.05) is 6.61 Å². The normalized spacial score (nSPS) is 32.5. The predicted octanol–water partition coefficient (Wildman–Crippen LogP) is 3.16. The molecule has 15 heteroatoms. The summed E-state index contributed by atoms with van der Waals surface area (Å²) in [6, 6.07) is 23.1. The van der Waals surface area contributed by atoms with Crippen LogP contribution in [0.2, 0.25) is 0 Å². The standard InChI is InChI=1S/C45H49NO13.Ac/c1-24-29(57-41(54)35(50)33(26-15-9-6-10-16-26)46-39(52)27-17-11-7-12-18-27)22-45(55)38(58-40(53)28-19-13-8-14-20-28)36-43(5,37(51)34(49)32(24)42(45,3)4)30(48)21-31-44(36,23-56-31)59-25(2)47;/h6-20,29-31,33-36,38,48-50,55H,21-23H2,1-5H3,(H,46,52);/t29?,30-,31?,33-,34+,35+,36-,38-,43?,44-,45+;/m0./s1. The Bertz CT molecular complexity index is 2170. The maximum atomic E-state index is 15.0. The third-order valence-electron chi connectivity index (χ3n) is 13.2. The van der Waals surface area contributed by atoms with E-state index in [9.17, 15) is 44.4 Å². The summed E-state index contributed by atoms with van der Waals surface area (Å²) in [5.41, 5.74) is -6.86. The van der Waals surface area contributed by atoms with Gasteiger partial charge in [0.1, 0.15) is 30.0 Å². The first kappa shape index (κ1) is 45.7. The first-order valence-corrected chi connectivity index (χ1v) is 19.6. The van der Waals surface area contributed by atoms with E-state index in [-0.39, 0.29) is 79.4 Å². The fraction of sp³-hybridized carbons (Fsp3) is 0.444. The van der Waals surface area contributed by atoms with E-state index in [0.717, 1.165) is 6.92 Å². The second-order valence-corrected chi connectivity index (χ2v) is 16.8. The number of aliphatic hydroxyl groups excluding tert-OH is 3. The molecule has 1 amide bonds. The molecular weight excluding hydrogens is 989 g/mol. The molecule has 1 radical (unpaired) electrons. The molecule has 1 heterocycles. The summed E-state index contributed by atoms with van der Waals surface area (Å²) in [5.74, 6) is -5.89. The summed E-state index contributed by atoms with van der Waals surface area (Å²) in [7, 11) is 0. The number of carbonyl (C=O) groups is 5. The molecule has 7 rings (SSSR count). The Labute approximate surface area is 383 Å². The van der Waals surface area contributed by atoms with Crippen molar-refractivity contribution in [2.24, 2.45) is 16.7 Å². The zero-order chi connectivity index (χ0) is 42.7. The number of aliphatic hydroxyl groups is 4. The molecule has 3 aromatic rings. The number of rotatable bonds is 9. The van der Waals surface area contributed by atoms with Gasteiger partial charge in [-0.05, 0) is 54.8 Å². The molecule has 4 aliphatic rings. The molecule has 3 aliphatic carbocycles. The van der Waals surface area contributed by atoms with Crippen molar-refractivity contribution in [1.29, 1.82) is 0 Å². The van der Waals surface area contributed by atoms with Gasteiger partial charge in [-0.15, -0.1) is 0 Å². The van der Waals surface area contributed by atoms with Crippen LogP contribution in [0.4, 0.5) is 0 Å². The number of ketones is 1. The molecule has 1 aliphatic heterocycles. The molecule has 0 spiro atoms. The third kappa shape index (κ3) is 7.48. The van der Waals surface area contributed by atoms with Gasteiger partial charge in [-0.2, -0.15) is 0 Å². The van der Waals surface area contributed by atoms with Gasteiger partial charge in [0, 0.05) is 74.8 Å². The molecule has 3 fully saturated rings. The molecule has 2 bridgehead atoms. The van der Waals surface area contributed by atoms with Gasteiger partial charge in [0.15, 0.2) is 17.5 Å². The molecule has 2 saturated carbocycles. The zero-order valence-electron chi connectivity index (χ0n) is 33.9. The Morgan fingerprint density at radius 3 is 1.98 bits per heavy atom. The SMILES string of the molecule is CC(=O)O[C@@]12COC1C[C@H](O)C1(C)C(=O)[C@H](O)C3=C(C)C(OC(=O)[C@H](O)[C@@H](NC(=O)c4ccccc4)c4ccccc4)C[C@@](O)([C@@H](OC(=O)c4ccccc4)[C@@H]12)C3(C)C.[Ac]. The van der Waals surface area contributed by atoms with E-state index in [0.29, 0.717) is 5.56 Å². The van der Waals surface area contributed by atoms with Crippen LogP contribution in [0.1, 0.15) is 79.8 Å². The summed E-state index contributed by atoms with van der Waals surface area (Å²) >= 11 is 0. The van der Waals surface area contributed by atoms with Crippen LogP contribution in [0.15, 0.2) is 102 Å². The van der Waals surface area contributed by atoms with Crippen LogP contribution in [-0.2, 0) is 33.3 Å².